The molecule has 0 N–H and O–H groups in total. The second-order valence-corrected chi connectivity index (χ2v) is 23.4. The summed E-state index contributed by atoms with van der Waals surface area (Å²) in [5.74, 6) is -0.871. The van der Waals surface area contributed by atoms with Gasteiger partial charge in [-0.05, 0) is 109 Å². The molecule has 0 radical (unpaired) electrons. The molecular weight excluding hydrogens is 985 g/mol. The van der Waals surface area contributed by atoms with Crippen LogP contribution in [-0.2, 0) is 28.6 Å². The Morgan fingerprint density at radius 1 is 0.263 bits per heavy atom. The zero-order valence-corrected chi connectivity index (χ0v) is 53.3. The van der Waals surface area contributed by atoms with E-state index < -0.39 is 6.10 Å². The van der Waals surface area contributed by atoms with Crippen molar-refractivity contribution in [2.45, 2.75) is 367 Å². The number of carbonyl (C=O) groups is 3. The number of esters is 3. The van der Waals surface area contributed by atoms with Crippen molar-refractivity contribution in [2.24, 2.45) is 0 Å². The fraction of sp³-hybridized carbons (Fsp3) is 0.797. The van der Waals surface area contributed by atoms with E-state index in [1.165, 1.54) is 231 Å². The quantitative estimate of drug-likeness (QED) is 0.0261. The Labute approximate surface area is 497 Å². The fourth-order valence-corrected chi connectivity index (χ4v) is 10.2. The van der Waals surface area contributed by atoms with E-state index >= 15 is 0 Å². The van der Waals surface area contributed by atoms with Crippen molar-refractivity contribution >= 4 is 17.9 Å². The standard InChI is InChI=1S/C74H132O6/c1-4-7-10-13-16-19-22-25-28-31-33-35-37-39-41-43-46-49-52-55-58-61-64-67-73(76)79-70-71(69-78-72(75)66-63-60-57-54-51-48-45-30-27-24-21-18-15-12-9-6-3)80-74(77)68-65-62-59-56-53-50-47-44-42-40-38-36-34-32-29-26-23-20-17-14-11-8-5-2/h7,10,16,19,25,28,30,32-35,45,71H,4-6,8-9,11-15,17-18,20-24,26-27,29,31,36-44,46-70H2,1-3H3/b10-7-,19-16-,28-25-,34-32-,35-33-,45-30-. The summed E-state index contributed by atoms with van der Waals surface area (Å²) >= 11 is 0. The fourth-order valence-electron chi connectivity index (χ4n) is 10.2. The van der Waals surface area contributed by atoms with Crippen molar-refractivity contribution < 1.29 is 28.6 Å². The van der Waals surface area contributed by atoms with Crippen molar-refractivity contribution in [2.75, 3.05) is 13.2 Å². The van der Waals surface area contributed by atoms with Gasteiger partial charge in [0.05, 0.1) is 0 Å². The van der Waals surface area contributed by atoms with Crippen LogP contribution >= 0.6 is 0 Å². The number of hydrogen-bond acceptors (Lipinski definition) is 6. The lowest BCUT2D eigenvalue weighted by molar-refractivity contribution is -0.167. The van der Waals surface area contributed by atoms with Gasteiger partial charge in [-0.1, -0.05) is 306 Å². The van der Waals surface area contributed by atoms with E-state index in [4.69, 9.17) is 14.2 Å². The third-order valence-corrected chi connectivity index (χ3v) is 15.4. The lowest BCUT2D eigenvalue weighted by Gasteiger charge is -2.18. The number of unbranched alkanes of at least 4 members (excludes halogenated alkanes) is 41. The maximum absolute atomic E-state index is 13.0. The van der Waals surface area contributed by atoms with E-state index in [0.29, 0.717) is 19.3 Å². The number of rotatable bonds is 64. The van der Waals surface area contributed by atoms with Gasteiger partial charge in [-0.25, -0.2) is 0 Å². The predicted octanol–water partition coefficient (Wildman–Crippen LogP) is 24.1. The van der Waals surface area contributed by atoms with Gasteiger partial charge in [0.15, 0.2) is 6.10 Å². The van der Waals surface area contributed by atoms with Crippen LogP contribution < -0.4 is 0 Å². The molecule has 0 aromatic rings. The molecular formula is C74H132O6. The first-order valence-corrected chi connectivity index (χ1v) is 34.9. The van der Waals surface area contributed by atoms with Gasteiger partial charge in [-0.3, -0.25) is 14.4 Å². The van der Waals surface area contributed by atoms with Crippen LogP contribution in [0.25, 0.3) is 0 Å². The molecule has 0 amide bonds. The second kappa shape index (κ2) is 68.3. The van der Waals surface area contributed by atoms with Crippen LogP contribution in [0.5, 0.6) is 0 Å². The lowest BCUT2D eigenvalue weighted by Crippen LogP contribution is -2.30. The summed E-state index contributed by atoms with van der Waals surface area (Å²) in [6.45, 7) is 6.57. The summed E-state index contributed by atoms with van der Waals surface area (Å²) in [6, 6.07) is 0. The van der Waals surface area contributed by atoms with Crippen molar-refractivity contribution in [1.29, 1.82) is 0 Å². The highest BCUT2D eigenvalue weighted by Gasteiger charge is 2.19. The molecule has 0 aromatic carbocycles. The average Bonchev–Trinajstić information content (AvgIpc) is 3.46. The van der Waals surface area contributed by atoms with Crippen molar-refractivity contribution in [3.8, 4) is 0 Å². The Morgan fingerprint density at radius 2 is 0.487 bits per heavy atom. The number of allylic oxidation sites excluding steroid dienone is 12. The van der Waals surface area contributed by atoms with E-state index in [2.05, 4.69) is 93.7 Å². The molecule has 0 aliphatic heterocycles. The van der Waals surface area contributed by atoms with Crippen LogP contribution in [0.3, 0.4) is 0 Å². The van der Waals surface area contributed by atoms with Gasteiger partial charge in [0.25, 0.3) is 0 Å². The molecule has 0 rings (SSSR count). The summed E-state index contributed by atoms with van der Waals surface area (Å²) in [6.07, 6.45) is 89.2. The summed E-state index contributed by atoms with van der Waals surface area (Å²) in [4.78, 5) is 38.5. The molecule has 0 aromatic heterocycles. The maximum atomic E-state index is 13.0. The first-order valence-electron chi connectivity index (χ1n) is 34.9. The van der Waals surface area contributed by atoms with E-state index in [-0.39, 0.29) is 31.1 Å². The van der Waals surface area contributed by atoms with Gasteiger partial charge in [-0.2, -0.15) is 0 Å². The Kier molecular flexibility index (Phi) is 65.7. The monoisotopic (exact) mass is 1120 g/mol. The van der Waals surface area contributed by atoms with Crippen molar-refractivity contribution in [3.63, 3.8) is 0 Å². The van der Waals surface area contributed by atoms with Crippen LogP contribution in [0.1, 0.15) is 361 Å². The highest BCUT2D eigenvalue weighted by molar-refractivity contribution is 5.71. The van der Waals surface area contributed by atoms with E-state index in [1.54, 1.807) is 0 Å². The molecule has 1 unspecified atom stereocenters. The second-order valence-electron chi connectivity index (χ2n) is 23.4. The van der Waals surface area contributed by atoms with Crippen LogP contribution in [-0.4, -0.2) is 37.2 Å². The van der Waals surface area contributed by atoms with Gasteiger partial charge in [-0.15, -0.1) is 0 Å². The molecule has 0 bridgehead atoms. The SMILES string of the molecule is CC/C=C\C/C=C\C/C=C\C/C=C\CCCCCCCCCCCCC(=O)OCC(COC(=O)CCCCCCC/C=C\CCCCCCCCC)OC(=O)CCCCCCCCCCCCC/C=C\CCCCCCCCCC. The summed E-state index contributed by atoms with van der Waals surface area (Å²) in [7, 11) is 0. The smallest absolute Gasteiger partial charge is 0.306 e. The zero-order valence-electron chi connectivity index (χ0n) is 53.3. The average molecular weight is 1120 g/mol. The van der Waals surface area contributed by atoms with Crippen LogP contribution in [0.15, 0.2) is 72.9 Å². The van der Waals surface area contributed by atoms with E-state index in [1.807, 2.05) is 0 Å². The molecule has 0 spiro atoms. The molecule has 464 valence electrons. The Hall–Kier alpha value is -3.15. The minimum Gasteiger partial charge on any atom is -0.462 e. The lowest BCUT2D eigenvalue weighted by atomic mass is 10.0. The van der Waals surface area contributed by atoms with Crippen molar-refractivity contribution in [3.05, 3.63) is 72.9 Å². The molecule has 6 nitrogen and oxygen atoms in total. The molecule has 1 atom stereocenters. The van der Waals surface area contributed by atoms with Gasteiger partial charge < -0.3 is 14.2 Å². The van der Waals surface area contributed by atoms with Crippen LogP contribution in [0.2, 0.25) is 0 Å². The van der Waals surface area contributed by atoms with Crippen LogP contribution in [0.4, 0.5) is 0 Å². The topological polar surface area (TPSA) is 78.9 Å². The van der Waals surface area contributed by atoms with Crippen LogP contribution in [0, 0.1) is 0 Å². The molecule has 0 aliphatic carbocycles. The normalized spacial score (nSPS) is 12.5. The molecule has 0 saturated carbocycles. The number of hydrogen-bond donors (Lipinski definition) is 0. The first-order chi connectivity index (χ1) is 39.5. The molecule has 0 aliphatic rings. The summed E-state index contributed by atoms with van der Waals surface area (Å²) in [5.41, 5.74) is 0. The first kappa shape index (κ1) is 76.9. The Bertz CT molecular complexity index is 1470. The van der Waals surface area contributed by atoms with Gasteiger partial charge in [0.1, 0.15) is 13.2 Å². The molecule has 0 fully saturated rings. The van der Waals surface area contributed by atoms with Crippen molar-refractivity contribution in [1.82, 2.24) is 0 Å². The van der Waals surface area contributed by atoms with Gasteiger partial charge in [0.2, 0.25) is 0 Å². The molecule has 80 heavy (non-hydrogen) atoms. The zero-order chi connectivity index (χ0) is 57.8. The Morgan fingerprint density at radius 3 is 0.775 bits per heavy atom. The van der Waals surface area contributed by atoms with Gasteiger partial charge in [0, 0.05) is 19.3 Å². The van der Waals surface area contributed by atoms with E-state index in [0.717, 1.165) is 89.9 Å². The number of ether oxygens (including phenoxy) is 3. The third kappa shape index (κ3) is 65.7. The Balaban J connectivity index is 4.34. The van der Waals surface area contributed by atoms with Gasteiger partial charge >= 0.3 is 17.9 Å². The molecule has 6 heteroatoms. The minimum absolute atomic E-state index is 0.0781. The largest absolute Gasteiger partial charge is 0.462 e. The minimum atomic E-state index is -0.782. The predicted molar refractivity (Wildman–Crippen MR) is 348 cm³/mol. The summed E-state index contributed by atoms with van der Waals surface area (Å²) < 4.78 is 17.0. The highest BCUT2D eigenvalue weighted by Crippen LogP contribution is 2.17. The van der Waals surface area contributed by atoms with E-state index in [9.17, 15) is 14.4 Å². The number of carbonyl (C=O) groups excluding carboxylic acids is 3. The summed E-state index contributed by atoms with van der Waals surface area (Å²) in [5, 5.41) is 0. The molecule has 0 heterocycles. The highest BCUT2D eigenvalue weighted by atomic mass is 16.6. The molecule has 0 saturated heterocycles. The maximum Gasteiger partial charge on any atom is 0.306 e. The third-order valence-electron chi connectivity index (χ3n) is 15.4.